The zero-order chi connectivity index (χ0) is 13.0. The summed E-state index contributed by atoms with van der Waals surface area (Å²) in [5.41, 5.74) is 5.35. The first kappa shape index (κ1) is 12.8. The van der Waals surface area contributed by atoms with Crippen molar-refractivity contribution < 1.29 is 0 Å². The third kappa shape index (κ3) is 2.78. The minimum Gasteiger partial charge on any atom is -0.198 e. The van der Waals surface area contributed by atoms with E-state index in [1.165, 1.54) is 16.7 Å². The van der Waals surface area contributed by atoms with Crippen LogP contribution in [-0.2, 0) is 19.3 Å². The normalized spacial score (nSPS) is 12.6. The van der Waals surface area contributed by atoms with Crippen LogP contribution in [0.25, 0.3) is 0 Å². The van der Waals surface area contributed by atoms with E-state index in [2.05, 4.69) is 54.4 Å². The molecule has 2 aromatic rings. The highest BCUT2D eigenvalue weighted by Gasteiger charge is 2.12. The Balaban J connectivity index is 2.24. The Kier molecular flexibility index (Phi) is 4.13. The van der Waals surface area contributed by atoms with Crippen LogP contribution in [0.15, 0.2) is 24.4 Å². The number of rotatable bonds is 5. The second-order valence-electron chi connectivity index (χ2n) is 4.81. The summed E-state index contributed by atoms with van der Waals surface area (Å²) in [7, 11) is 0. The molecular formula is C15H21N3. The molecule has 1 unspecified atom stereocenters. The second-order valence-corrected chi connectivity index (χ2v) is 4.81. The fraction of sp³-hybridized carbons (Fsp3) is 0.467. The lowest BCUT2D eigenvalue weighted by Crippen LogP contribution is -2.04. The monoisotopic (exact) mass is 243 g/mol. The van der Waals surface area contributed by atoms with E-state index >= 15 is 0 Å². The first-order valence-electron chi connectivity index (χ1n) is 6.70. The van der Waals surface area contributed by atoms with Crippen molar-refractivity contribution in [3.8, 4) is 0 Å². The Labute approximate surface area is 109 Å². The van der Waals surface area contributed by atoms with Gasteiger partial charge in [0.1, 0.15) is 0 Å². The van der Waals surface area contributed by atoms with Crippen LogP contribution in [0.3, 0.4) is 0 Å². The Morgan fingerprint density at radius 3 is 2.67 bits per heavy atom. The van der Waals surface area contributed by atoms with Gasteiger partial charge in [0.15, 0.2) is 0 Å². The Morgan fingerprint density at radius 2 is 2.06 bits per heavy atom. The number of hydrogen-bond acceptors (Lipinski definition) is 2. The molecule has 2 rings (SSSR count). The highest BCUT2D eigenvalue weighted by molar-refractivity contribution is 5.35. The van der Waals surface area contributed by atoms with E-state index in [1.807, 2.05) is 6.20 Å². The number of hydrogen-bond donors (Lipinski definition) is 1. The summed E-state index contributed by atoms with van der Waals surface area (Å²) >= 11 is 0. The number of aryl methyl sites for hydroxylation is 2. The van der Waals surface area contributed by atoms with E-state index in [9.17, 15) is 0 Å². The minimum absolute atomic E-state index is 0.483. The van der Waals surface area contributed by atoms with Crippen molar-refractivity contribution in [2.24, 2.45) is 0 Å². The van der Waals surface area contributed by atoms with Crippen LogP contribution in [-0.4, -0.2) is 15.4 Å². The SMILES string of the molecule is CCc1ccc(CC)c(C(C)Cc2cn[nH]n2)c1. The Morgan fingerprint density at radius 1 is 1.22 bits per heavy atom. The molecule has 0 saturated heterocycles. The van der Waals surface area contributed by atoms with E-state index in [0.29, 0.717) is 5.92 Å². The molecule has 0 aliphatic rings. The summed E-state index contributed by atoms with van der Waals surface area (Å²) in [6, 6.07) is 6.86. The van der Waals surface area contributed by atoms with Crippen LogP contribution in [0, 0.1) is 0 Å². The lowest BCUT2D eigenvalue weighted by molar-refractivity contribution is 0.724. The molecule has 1 aromatic carbocycles. The number of aromatic nitrogens is 3. The summed E-state index contributed by atoms with van der Waals surface area (Å²) in [4.78, 5) is 0. The smallest absolute Gasteiger partial charge is 0.0830 e. The van der Waals surface area contributed by atoms with Gasteiger partial charge in [0, 0.05) is 0 Å². The maximum absolute atomic E-state index is 4.14. The summed E-state index contributed by atoms with van der Waals surface area (Å²) in [5.74, 6) is 0.483. The molecule has 1 N–H and O–H groups in total. The van der Waals surface area contributed by atoms with Gasteiger partial charge in [0.05, 0.1) is 11.9 Å². The maximum atomic E-state index is 4.14. The molecule has 3 heteroatoms. The average molecular weight is 243 g/mol. The summed E-state index contributed by atoms with van der Waals surface area (Å²) < 4.78 is 0. The van der Waals surface area contributed by atoms with Gasteiger partial charge in [0.25, 0.3) is 0 Å². The zero-order valence-electron chi connectivity index (χ0n) is 11.4. The van der Waals surface area contributed by atoms with Gasteiger partial charge < -0.3 is 0 Å². The van der Waals surface area contributed by atoms with Crippen molar-refractivity contribution in [1.82, 2.24) is 15.4 Å². The molecule has 1 heterocycles. The van der Waals surface area contributed by atoms with Crippen LogP contribution in [0.5, 0.6) is 0 Å². The van der Waals surface area contributed by atoms with Crippen molar-refractivity contribution >= 4 is 0 Å². The summed E-state index contributed by atoms with van der Waals surface area (Å²) in [5, 5.41) is 10.7. The average Bonchev–Trinajstić information content (AvgIpc) is 2.90. The number of aromatic amines is 1. The molecular weight excluding hydrogens is 222 g/mol. The topological polar surface area (TPSA) is 41.6 Å². The van der Waals surface area contributed by atoms with E-state index in [0.717, 1.165) is 25.0 Å². The van der Waals surface area contributed by atoms with Gasteiger partial charge in [-0.05, 0) is 41.9 Å². The van der Waals surface area contributed by atoms with E-state index in [1.54, 1.807) is 0 Å². The highest BCUT2D eigenvalue weighted by Crippen LogP contribution is 2.25. The van der Waals surface area contributed by atoms with E-state index in [4.69, 9.17) is 0 Å². The zero-order valence-corrected chi connectivity index (χ0v) is 11.4. The quantitative estimate of drug-likeness (QED) is 0.875. The molecule has 0 amide bonds. The van der Waals surface area contributed by atoms with Crippen molar-refractivity contribution in [2.75, 3.05) is 0 Å². The third-order valence-corrected chi connectivity index (χ3v) is 3.51. The van der Waals surface area contributed by atoms with E-state index < -0.39 is 0 Å². The number of nitrogens with zero attached hydrogens (tertiary/aromatic N) is 2. The molecule has 18 heavy (non-hydrogen) atoms. The van der Waals surface area contributed by atoms with Crippen LogP contribution in [0.2, 0.25) is 0 Å². The van der Waals surface area contributed by atoms with Gasteiger partial charge in [-0.25, -0.2) is 0 Å². The first-order valence-corrected chi connectivity index (χ1v) is 6.70. The molecule has 0 aliphatic heterocycles. The predicted molar refractivity (Wildman–Crippen MR) is 73.7 cm³/mol. The van der Waals surface area contributed by atoms with Crippen molar-refractivity contribution in [3.63, 3.8) is 0 Å². The van der Waals surface area contributed by atoms with Crippen LogP contribution in [0.1, 0.15) is 49.1 Å². The van der Waals surface area contributed by atoms with Crippen LogP contribution >= 0.6 is 0 Å². The molecule has 3 nitrogen and oxygen atoms in total. The molecule has 0 spiro atoms. The maximum Gasteiger partial charge on any atom is 0.0830 e. The molecule has 1 atom stereocenters. The molecule has 0 aliphatic carbocycles. The van der Waals surface area contributed by atoms with Gasteiger partial charge >= 0.3 is 0 Å². The van der Waals surface area contributed by atoms with Crippen molar-refractivity contribution in [1.29, 1.82) is 0 Å². The highest BCUT2D eigenvalue weighted by atomic mass is 15.3. The molecule has 96 valence electrons. The van der Waals surface area contributed by atoms with Gasteiger partial charge in [-0.15, -0.1) is 0 Å². The standard InChI is InChI=1S/C15H21N3/c1-4-12-6-7-13(5-2)15(9-12)11(3)8-14-10-16-18-17-14/h6-7,9-11H,4-5,8H2,1-3H3,(H,16,17,18). The van der Waals surface area contributed by atoms with Crippen molar-refractivity contribution in [2.45, 2.75) is 46.0 Å². The van der Waals surface area contributed by atoms with Crippen LogP contribution < -0.4 is 0 Å². The largest absolute Gasteiger partial charge is 0.198 e. The Bertz CT molecular complexity index is 488. The second kappa shape index (κ2) is 5.80. The molecule has 1 aromatic heterocycles. The molecule has 0 saturated carbocycles. The van der Waals surface area contributed by atoms with Gasteiger partial charge in [-0.3, -0.25) is 0 Å². The fourth-order valence-corrected chi connectivity index (χ4v) is 2.39. The van der Waals surface area contributed by atoms with E-state index in [-0.39, 0.29) is 0 Å². The number of H-pyrrole nitrogens is 1. The summed E-state index contributed by atoms with van der Waals surface area (Å²) in [6.07, 6.45) is 4.93. The van der Waals surface area contributed by atoms with Gasteiger partial charge in [-0.1, -0.05) is 39.0 Å². The number of benzene rings is 1. The third-order valence-electron chi connectivity index (χ3n) is 3.51. The van der Waals surface area contributed by atoms with Gasteiger partial charge in [-0.2, -0.15) is 15.4 Å². The molecule has 0 fully saturated rings. The molecule has 0 radical (unpaired) electrons. The Hall–Kier alpha value is -1.64. The lowest BCUT2D eigenvalue weighted by Gasteiger charge is -2.16. The minimum atomic E-state index is 0.483. The first-order chi connectivity index (χ1) is 8.74. The molecule has 0 bridgehead atoms. The number of nitrogens with one attached hydrogen (secondary N) is 1. The lowest BCUT2D eigenvalue weighted by atomic mass is 9.89. The van der Waals surface area contributed by atoms with Gasteiger partial charge in [0.2, 0.25) is 0 Å². The predicted octanol–water partition coefficient (Wildman–Crippen LogP) is 3.28. The van der Waals surface area contributed by atoms with Crippen LogP contribution in [0.4, 0.5) is 0 Å². The summed E-state index contributed by atoms with van der Waals surface area (Å²) in [6.45, 7) is 6.68. The van der Waals surface area contributed by atoms with Crippen molar-refractivity contribution in [3.05, 3.63) is 46.8 Å². The fourth-order valence-electron chi connectivity index (χ4n) is 2.39.